The molecule has 0 radical (unpaired) electrons. The molecule has 4 rings (SSSR count). The van der Waals surface area contributed by atoms with E-state index in [1.165, 1.54) is 0 Å². The van der Waals surface area contributed by atoms with Gasteiger partial charge in [-0.2, -0.15) is 0 Å². The monoisotopic (exact) mass is 451 g/mol. The maximum Gasteiger partial charge on any atom is 0.196 e. The lowest BCUT2D eigenvalue weighted by Gasteiger charge is -2.12. The number of nitrogens with zero attached hydrogens (tertiary/aromatic N) is 7. The Balaban J connectivity index is 1.71. The second-order valence-electron chi connectivity index (χ2n) is 6.91. The summed E-state index contributed by atoms with van der Waals surface area (Å²) in [6, 6.07) is 15.7. The van der Waals surface area contributed by atoms with E-state index in [2.05, 4.69) is 32.6 Å². The van der Waals surface area contributed by atoms with Crippen molar-refractivity contribution in [3.05, 3.63) is 54.4 Å². The first-order chi connectivity index (χ1) is 15.7. The predicted molar refractivity (Wildman–Crippen MR) is 122 cm³/mol. The third kappa shape index (κ3) is 4.75. The van der Waals surface area contributed by atoms with Crippen LogP contribution in [0.4, 0.5) is 0 Å². The van der Waals surface area contributed by atoms with Crippen LogP contribution in [0.1, 0.15) is 26.1 Å². The van der Waals surface area contributed by atoms with Gasteiger partial charge in [0.15, 0.2) is 16.8 Å². The van der Waals surface area contributed by atoms with E-state index in [1.54, 1.807) is 18.9 Å². The summed E-state index contributed by atoms with van der Waals surface area (Å²) in [4.78, 5) is 0. The first-order valence-electron chi connectivity index (χ1n) is 10.4. The minimum atomic E-state index is 0.584. The number of benzene rings is 2. The third-order valence-electron chi connectivity index (χ3n) is 4.74. The Kier molecular flexibility index (Phi) is 7.00. The van der Waals surface area contributed by atoms with Crippen LogP contribution in [0.3, 0.4) is 0 Å². The second kappa shape index (κ2) is 10.3. The lowest BCUT2D eigenvalue weighted by atomic mass is 10.2. The van der Waals surface area contributed by atoms with Crippen molar-refractivity contribution in [2.24, 2.45) is 0 Å². The molecule has 0 bridgehead atoms. The molecule has 0 fully saturated rings. The number of tetrazole rings is 1. The van der Waals surface area contributed by atoms with Crippen molar-refractivity contribution < 1.29 is 9.47 Å². The fourth-order valence-corrected chi connectivity index (χ4v) is 4.13. The summed E-state index contributed by atoms with van der Waals surface area (Å²) in [5.41, 5.74) is 1.85. The summed E-state index contributed by atoms with van der Waals surface area (Å²) in [5, 5.41) is 21.8. The van der Waals surface area contributed by atoms with Crippen LogP contribution >= 0.6 is 11.8 Å². The highest BCUT2D eigenvalue weighted by molar-refractivity contribution is 7.98. The van der Waals surface area contributed by atoms with Crippen molar-refractivity contribution in [3.8, 4) is 28.6 Å². The lowest BCUT2D eigenvalue weighted by molar-refractivity contribution is 0.340. The van der Waals surface area contributed by atoms with Crippen LogP contribution in [0.15, 0.2) is 53.7 Å². The van der Waals surface area contributed by atoms with Crippen molar-refractivity contribution in [3.63, 3.8) is 0 Å². The molecule has 2 aromatic carbocycles. The third-order valence-corrected chi connectivity index (χ3v) is 5.66. The number of aromatic nitrogens is 7. The van der Waals surface area contributed by atoms with E-state index < -0.39 is 0 Å². The first-order valence-corrected chi connectivity index (χ1v) is 11.4. The maximum absolute atomic E-state index is 5.60. The molecule has 0 unspecified atom stereocenters. The number of hydrogen-bond donors (Lipinski definition) is 0. The number of ether oxygens (including phenoxy) is 2. The standard InChI is InChI=1S/C22H25N7O2S/c1-4-13-28-20(23-26-27-28)15-32-22-25-24-21(16-7-6-8-19(14-16)30-3)29(22)17-9-11-18(12-10-17)31-5-2/h6-12,14H,4-5,13,15H2,1-3H3. The molecule has 4 aromatic rings. The van der Waals surface area contributed by atoms with Gasteiger partial charge in [0, 0.05) is 17.8 Å². The average Bonchev–Trinajstić information content (AvgIpc) is 3.45. The van der Waals surface area contributed by atoms with Gasteiger partial charge in [0.2, 0.25) is 0 Å². The molecule has 0 saturated carbocycles. The van der Waals surface area contributed by atoms with Gasteiger partial charge in [-0.3, -0.25) is 4.57 Å². The zero-order valence-corrected chi connectivity index (χ0v) is 19.1. The molecule has 32 heavy (non-hydrogen) atoms. The molecule has 166 valence electrons. The normalized spacial score (nSPS) is 11.0. The van der Waals surface area contributed by atoms with E-state index in [4.69, 9.17) is 9.47 Å². The van der Waals surface area contributed by atoms with Crippen LogP contribution < -0.4 is 9.47 Å². The van der Waals surface area contributed by atoms with Gasteiger partial charge in [0.25, 0.3) is 0 Å². The number of methoxy groups -OCH3 is 1. The molecule has 9 nitrogen and oxygen atoms in total. The van der Waals surface area contributed by atoms with Gasteiger partial charge in [-0.05, 0) is 60.2 Å². The summed E-state index contributed by atoms with van der Waals surface area (Å²) in [6.07, 6.45) is 0.963. The van der Waals surface area contributed by atoms with Crippen LogP contribution in [0.5, 0.6) is 11.5 Å². The summed E-state index contributed by atoms with van der Waals surface area (Å²) in [5.74, 6) is 3.70. The van der Waals surface area contributed by atoms with Crippen LogP contribution in [-0.2, 0) is 12.3 Å². The van der Waals surface area contributed by atoms with Gasteiger partial charge >= 0.3 is 0 Å². The topological polar surface area (TPSA) is 92.8 Å². The summed E-state index contributed by atoms with van der Waals surface area (Å²) >= 11 is 1.54. The Morgan fingerprint density at radius 2 is 1.81 bits per heavy atom. The van der Waals surface area contributed by atoms with Gasteiger partial charge in [-0.1, -0.05) is 30.8 Å². The molecule has 0 aliphatic rings. The van der Waals surface area contributed by atoms with Gasteiger partial charge < -0.3 is 9.47 Å². The van der Waals surface area contributed by atoms with Crippen LogP contribution in [0, 0.1) is 0 Å². The number of thioether (sulfide) groups is 1. The van der Waals surface area contributed by atoms with Crippen molar-refractivity contribution in [1.82, 2.24) is 35.0 Å². The molecule has 0 N–H and O–H groups in total. The SMILES string of the molecule is CCCn1nnnc1CSc1nnc(-c2cccc(OC)c2)n1-c1ccc(OCC)cc1. The fourth-order valence-electron chi connectivity index (χ4n) is 3.24. The van der Waals surface area contributed by atoms with E-state index in [-0.39, 0.29) is 0 Å². The molecule has 0 atom stereocenters. The Bertz CT molecular complexity index is 1160. The van der Waals surface area contributed by atoms with Gasteiger partial charge in [-0.25, -0.2) is 4.68 Å². The summed E-state index contributed by atoms with van der Waals surface area (Å²) in [6.45, 7) is 5.47. The number of hydrogen-bond acceptors (Lipinski definition) is 8. The molecule has 0 spiro atoms. The fraction of sp³-hybridized carbons (Fsp3) is 0.318. The minimum absolute atomic E-state index is 0.584. The highest BCUT2D eigenvalue weighted by Gasteiger charge is 2.18. The van der Waals surface area contributed by atoms with E-state index in [9.17, 15) is 0 Å². The number of aryl methyl sites for hydroxylation is 1. The summed E-state index contributed by atoms with van der Waals surface area (Å²) < 4.78 is 14.9. The molecule has 2 aromatic heterocycles. The van der Waals surface area contributed by atoms with E-state index in [0.717, 1.165) is 52.5 Å². The zero-order chi connectivity index (χ0) is 22.3. The largest absolute Gasteiger partial charge is 0.497 e. The Labute approximate surface area is 190 Å². The van der Waals surface area contributed by atoms with Crippen molar-refractivity contribution >= 4 is 11.8 Å². The van der Waals surface area contributed by atoms with Crippen molar-refractivity contribution in [2.75, 3.05) is 13.7 Å². The Hall–Kier alpha value is -3.40. The molecular formula is C22H25N7O2S. The van der Waals surface area contributed by atoms with Crippen LogP contribution in [-0.4, -0.2) is 48.7 Å². The van der Waals surface area contributed by atoms with E-state index in [0.29, 0.717) is 12.4 Å². The van der Waals surface area contributed by atoms with Gasteiger partial charge in [-0.15, -0.1) is 15.3 Å². The summed E-state index contributed by atoms with van der Waals surface area (Å²) in [7, 11) is 1.65. The molecule has 2 heterocycles. The maximum atomic E-state index is 5.60. The van der Waals surface area contributed by atoms with E-state index in [1.807, 2.05) is 64.7 Å². The van der Waals surface area contributed by atoms with Crippen molar-refractivity contribution in [1.29, 1.82) is 0 Å². The first kappa shape index (κ1) is 21.8. The second-order valence-corrected chi connectivity index (χ2v) is 7.85. The molecule has 0 saturated heterocycles. The Morgan fingerprint density at radius 1 is 0.969 bits per heavy atom. The highest BCUT2D eigenvalue weighted by atomic mass is 32.2. The molecule has 0 amide bonds. The van der Waals surface area contributed by atoms with Crippen LogP contribution in [0.2, 0.25) is 0 Å². The van der Waals surface area contributed by atoms with Crippen LogP contribution in [0.25, 0.3) is 17.1 Å². The van der Waals surface area contributed by atoms with Gasteiger partial charge in [0.05, 0.1) is 19.5 Å². The van der Waals surface area contributed by atoms with Gasteiger partial charge in [0.1, 0.15) is 11.5 Å². The smallest absolute Gasteiger partial charge is 0.196 e. The minimum Gasteiger partial charge on any atom is -0.497 e. The van der Waals surface area contributed by atoms with Crippen molar-refractivity contribution in [2.45, 2.75) is 37.7 Å². The average molecular weight is 452 g/mol. The lowest BCUT2D eigenvalue weighted by Crippen LogP contribution is -2.05. The zero-order valence-electron chi connectivity index (χ0n) is 18.3. The Morgan fingerprint density at radius 3 is 2.56 bits per heavy atom. The number of rotatable bonds is 10. The molecular weight excluding hydrogens is 426 g/mol. The molecule has 10 heteroatoms. The predicted octanol–water partition coefficient (Wildman–Crippen LogP) is 4.03. The quantitative estimate of drug-likeness (QED) is 0.334. The highest BCUT2D eigenvalue weighted by Crippen LogP contribution is 2.31. The molecule has 0 aliphatic carbocycles. The van der Waals surface area contributed by atoms with E-state index >= 15 is 0 Å². The molecule has 0 aliphatic heterocycles.